The molecule has 4 heterocycles. The molecule has 26 heteroatoms. The van der Waals surface area contributed by atoms with Crippen molar-refractivity contribution in [3.8, 4) is 0 Å². The van der Waals surface area contributed by atoms with Crippen molar-refractivity contribution in [2.24, 2.45) is 0 Å². The van der Waals surface area contributed by atoms with E-state index in [-0.39, 0.29) is 0 Å². The lowest BCUT2D eigenvalue weighted by Gasteiger charge is -2.21. The van der Waals surface area contributed by atoms with Crippen molar-refractivity contribution in [1.29, 1.82) is 0 Å². The van der Waals surface area contributed by atoms with E-state index in [1.165, 1.54) is 0 Å². The average Bonchev–Trinajstić information content (AvgIpc) is 3.35. The molecule has 0 radical (unpaired) electrons. The maximum absolute atomic E-state index is 12.5. The number of nitrogens with one attached hydrogen (secondary N) is 2. The van der Waals surface area contributed by atoms with Crippen molar-refractivity contribution >= 4 is 23.0 Å². The molecule has 2 fully saturated rings. The van der Waals surface area contributed by atoms with Gasteiger partial charge in [-0.15, -0.1) is 0 Å². The molecule has 3 unspecified atom stereocenters. The number of phosphoric acid groups is 1. The molecule has 0 amide bonds. The zero-order chi connectivity index (χ0) is 33.5. The van der Waals surface area contributed by atoms with E-state index in [0.717, 1.165) is 24.5 Å². The van der Waals surface area contributed by atoms with E-state index in [4.69, 9.17) is 9.47 Å². The molecule has 0 bridgehead atoms. The van der Waals surface area contributed by atoms with Crippen LogP contribution in [0.1, 0.15) is 12.5 Å². The third kappa shape index (κ3) is 8.49. The molecule has 252 valence electrons. The van der Waals surface area contributed by atoms with E-state index >= 15 is 0 Å². The number of hydrogen-bond donors (Lipinski definition) is 9. The molecule has 11 atom stereocenters. The van der Waals surface area contributed by atoms with Gasteiger partial charge in [0.1, 0.15) is 36.6 Å². The first-order valence-corrected chi connectivity index (χ1v) is 17.4. The van der Waals surface area contributed by atoms with Crippen LogP contribution in [0, 0.1) is 0 Å². The smallest absolute Gasteiger partial charge is 0.387 e. The molecule has 2 aromatic heterocycles. The molecule has 45 heavy (non-hydrogen) atoms. The summed E-state index contributed by atoms with van der Waals surface area (Å²) in [5.74, 6) is -1.79. The SMILES string of the molecule is O=c1ccn([C@@H]2O[C@H](COP(=O)(O)CP(=O)(O)OP(=O)(O)OC[C@H]3O[C@@H](n4ccc(=O)[nH]c4=O)[C@H](O)[C@@H]3O)[C@@H](O)[C@H]2O)c(=O)[nH]1. The Morgan fingerprint density at radius 1 is 0.689 bits per heavy atom. The number of ether oxygens (including phenoxy) is 2. The second kappa shape index (κ2) is 13.4. The lowest BCUT2D eigenvalue weighted by Crippen LogP contribution is -2.37. The van der Waals surface area contributed by atoms with Gasteiger partial charge in [-0.05, 0) is 0 Å². The maximum atomic E-state index is 12.5. The van der Waals surface area contributed by atoms with E-state index in [1.807, 2.05) is 9.97 Å². The zero-order valence-corrected chi connectivity index (χ0v) is 25.0. The van der Waals surface area contributed by atoms with Gasteiger partial charge in [-0.3, -0.25) is 42.3 Å². The lowest BCUT2D eigenvalue weighted by molar-refractivity contribution is -0.0541. The summed E-state index contributed by atoms with van der Waals surface area (Å²) in [6.07, 6.45) is -11.7. The summed E-state index contributed by atoms with van der Waals surface area (Å²) in [7, 11) is -16.2. The highest BCUT2D eigenvalue weighted by molar-refractivity contribution is 7.74. The zero-order valence-electron chi connectivity index (χ0n) is 22.3. The van der Waals surface area contributed by atoms with Gasteiger partial charge in [0.15, 0.2) is 18.4 Å². The van der Waals surface area contributed by atoms with Gasteiger partial charge in [-0.25, -0.2) is 18.5 Å². The van der Waals surface area contributed by atoms with Gasteiger partial charge in [0, 0.05) is 24.5 Å². The summed E-state index contributed by atoms with van der Waals surface area (Å²) >= 11 is 0. The van der Waals surface area contributed by atoms with Crippen molar-refractivity contribution in [3.63, 3.8) is 0 Å². The highest BCUT2D eigenvalue weighted by Crippen LogP contribution is 2.66. The van der Waals surface area contributed by atoms with Gasteiger partial charge in [0.05, 0.1) is 13.2 Å². The molecule has 2 aliphatic rings. The molecule has 9 N–H and O–H groups in total. The summed E-state index contributed by atoms with van der Waals surface area (Å²) in [6, 6.07) is 1.82. The Balaban J connectivity index is 1.31. The molecule has 0 spiro atoms. The van der Waals surface area contributed by atoms with Crippen LogP contribution >= 0.6 is 23.0 Å². The predicted molar refractivity (Wildman–Crippen MR) is 142 cm³/mol. The fourth-order valence-corrected chi connectivity index (χ4v) is 9.28. The van der Waals surface area contributed by atoms with Crippen LogP contribution in [0.25, 0.3) is 0 Å². The van der Waals surface area contributed by atoms with Crippen LogP contribution in [-0.4, -0.2) is 110 Å². The molecule has 2 aromatic rings. The summed E-state index contributed by atoms with van der Waals surface area (Å²) in [5.41, 5.74) is -3.58. The van der Waals surface area contributed by atoms with Crippen molar-refractivity contribution in [2.75, 3.05) is 19.1 Å². The summed E-state index contributed by atoms with van der Waals surface area (Å²) < 4.78 is 62.4. The Morgan fingerprint density at radius 3 is 1.53 bits per heavy atom. The van der Waals surface area contributed by atoms with Crippen LogP contribution in [0.4, 0.5) is 0 Å². The van der Waals surface area contributed by atoms with Crippen LogP contribution in [0.5, 0.6) is 0 Å². The molecule has 2 saturated heterocycles. The van der Waals surface area contributed by atoms with Gasteiger partial charge in [0.25, 0.3) is 11.1 Å². The first kappa shape index (κ1) is 35.4. The normalized spacial score (nSPS) is 32.5. The Bertz CT molecular complexity index is 1650. The maximum Gasteiger partial charge on any atom is 0.479 e. The van der Waals surface area contributed by atoms with Crippen molar-refractivity contribution in [2.45, 2.75) is 49.1 Å². The van der Waals surface area contributed by atoms with Crippen molar-refractivity contribution in [3.05, 3.63) is 66.2 Å². The second-order valence-corrected chi connectivity index (χ2v) is 15.5. The van der Waals surface area contributed by atoms with Gasteiger partial charge >= 0.3 is 34.4 Å². The summed E-state index contributed by atoms with van der Waals surface area (Å²) in [6.45, 7) is -2.08. The highest BCUT2D eigenvalue weighted by atomic mass is 31.3. The topological polar surface area (TPSA) is 349 Å². The third-order valence-corrected chi connectivity index (χ3v) is 12.1. The Labute approximate surface area is 248 Å². The lowest BCUT2D eigenvalue weighted by atomic mass is 10.1. The van der Waals surface area contributed by atoms with Crippen molar-refractivity contribution < 1.29 is 71.6 Å². The van der Waals surface area contributed by atoms with Crippen LogP contribution in [0.2, 0.25) is 0 Å². The van der Waals surface area contributed by atoms with E-state index in [2.05, 4.69) is 13.4 Å². The molecule has 0 aliphatic carbocycles. The number of aliphatic hydroxyl groups excluding tert-OH is 4. The fourth-order valence-electron chi connectivity index (χ4n) is 4.28. The number of aromatic nitrogens is 4. The number of aromatic amines is 2. The molecule has 4 rings (SSSR count). The Hall–Kier alpha value is -2.43. The van der Waals surface area contributed by atoms with E-state index in [9.17, 15) is 68.0 Å². The Morgan fingerprint density at radius 2 is 1.11 bits per heavy atom. The molecular weight excluding hydrogens is 681 g/mol. The molecular formula is C19H27N4O19P3. The van der Waals surface area contributed by atoms with Crippen LogP contribution in [-0.2, 0) is 36.5 Å². The molecule has 23 nitrogen and oxygen atoms in total. The molecule has 0 aromatic carbocycles. The average molecular weight is 708 g/mol. The number of H-pyrrole nitrogens is 2. The van der Waals surface area contributed by atoms with Gasteiger partial charge in [-0.2, -0.15) is 0 Å². The Kier molecular flexibility index (Phi) is 10.5. The second-order valence-electron chi connectivity index (χ2n) is 9.69. The van der Waals surface area contributed by atoms with Crippen LogP contribution < -0.4 is 22.5 Å². The number of nitrogens with zero attached hydrogens (tertiary/aromatic N) is 2. The van der Waals surface area contributed by atoms with E-state index in [1.54, 1.807) is 0 Å². The standard InChI is InChI=1S/C19H27N4O19P3/c24-10-1-3-22(18(30)20-10)16-14(28)12(26)8(40-16)5-38-43(32,33)7-44(34,35)42-45(36,37)39-6-9-13(27)15(29)17(41-9)23-4-2-11(25)21-19(23)31/h1-4,8-9,12-17,26-29H,5-7H2,(H,32,33)(H,34,35)(H,36,37)(H,20,24,30)(H,21,25,31)/t8-,9-,12-,13-,14-,15-,16-,17-/m1/s1. The fraction of sp³-hybridized carbons (Fsp3) is 0.579. The van der Waals surface area contributed by atoms with Gasteiger partial charge in [-0.1, -0.05) is 0 Å². The van der Waals surface area contributed by atoms with Gasteiger partial charge < -0.3 is 49.1 Å². The first-order valence-electron chi connectivity index (χ1n) is 12.4. The number of hydrogen-bond acceptors (Lipinski definition) is 16. The number of rotatable bonds is 12. The third-order valence-electron chi connectivity index (χ3n) is 6.36. The predicted octanol–water partition coefficient (Wildman–Crippen LogP) is -4.20. The van der Waals surface area contributed by atoms with Crippen molar-refractivity contribution in [1.82, 2.24) is 19.1 Å². The quantitative estimate of drug-likeness (QED) is 0.0944. The summed E-state index contributed by atoms with van der Waals surface area (Å²) in [5, 5.41) is 40.8. The van der Waals surface area contributed by atoms with Crippen LogP contribution in [0.15, 0.2) is 43.7 Å². The highest BCUT2D eigenvalue weighted by Gasteiger charge is 2.48. The molecule has 0 saturated carbocycles. The number of aliphatic hydroxyl groups is 4. The van der Waals surface area contributed by atoms with Crippen LogP contribution in [0.3, 0.4) is 0 Å². The summed E-state index contributed by atoms with van der Waals surface area (Å²) in [4.78, 5) is 80.1. The van der Waals surface area contributed by atoms with E-state index < -0.39 is 114 Å². The first-order chi connectivity index (χ1) is 20.8. The monoisotopic (exact) mass is 708 g/mol. The minimum Gasteiger partial charge on any atom is -0.387 e. The number of phosphoric ester groups is 1. The minimum atomic E-state index is -5.56. The van der Waals surface area contributed by atoms with Gasteiger partial charge in [0.2, 0.25) is 0 Å². The largest absolute Gasteiger partial charge is 0.479 e. The van der Waals surface area contributed by atoms with E-state index in [0.29, 0.717) is 9.13 Å². The molecule has 2 aliphatic heterocycles. The minimum absolute atomic E-state index is 0.699.